The van der Waals surface area contributed by atoms with E-state index in [9.17, 15) is 0 Å². The lowest BCUT2D eigenvalue weighted by atomic mass is 9.67. The van der Waals surface area contributed by atoms with Gasteiger partial charge in [-0.3, -0.25) is 0 Å². The first kappa shape index (κ1) is 7.35. The highest BCUT2D eigenvalue weighted by Crippen LogP contribution is 2.52. The minimum Gasteiger partial charge on any atom is -0.310 e. The van der Waals surface area contributed by atoms with Crippen molar-refractivity contribution in [2.24, 2.45) is 10.8 Å². The van der Waals surface area contributed by atoms with Gasteiger partial charge in [0.05, 0.1) is 0 Å². The molecule has 2 rings (SSSR count). The molecular formula is C10H17N. The van der Waals surface area contributed by atoms with E-state index in [1.807, 2.05) is 0 Å². The molecule has 0 radical (unpaired) electrons. The van der Waals surface area contributed by atoms with Crippen LogP contribution in [0.15, 0.2) is 12.2 Å². The van der Waals surface area contributed by atoms with Crippen LogP contribution >= 0.6 is 0 Å². The van der Waals surface area contributed by atoms with Gasteiger partial charge in [0.1, 0.15) is 0 Å². The van der Waals surface area contributed by atoms with Gasteiger partial charge in [0.15, 0.2) is 0 Å². The molecule has 0 amide bonds. The van der Waals surface area contributed by atoms with E-state index in [1.54, 1.807) is 0 Å². The minimum atomic E-state index is 0.390. The van der Waals surface area contributed by atoms with Gasteiger partial charge < -0.3 is 5.32 Å². The molecule has 0 aromatic carbocycles. The molecule has 0 aromatic rings. The van der Waals surface area contributed by atoms with Crippen LogP contribution in [0, 0.1) is 10.8 Å². The zero-order valence-electron chi connectivity index (χ0n) is 7.65. The Balaban J connectivity index is 2.37. The first-order valence-electron chi connectivity index (χ1n) is 4.49. The zero-order chi connectivity index (χ0) is 8.11. The van der Waals surface area contributed by atoms with Gasteiger partial charge >= 0.3 is 0 Å². The summed E-state index contributed by atoms with van der Waals surface area (Å²) in [4.78, 5) is 0. The normalized spacial score (nSPS) is 46.3. The second-order valence-corrected chi connectivity index (χ2v) is 4.68. The summed E-state index contributed by atoms with van der Waals surface area (Å²) in [6.45, 7) is 8.28. The molecule has 0 aromatic heterocycles. The standard InChI is InChI=1S/C10H17N/c1-9(2)5-4-8-10(9,3)6-7-11-8/h4-5,8,11H,6-7H2,1-3H3/t8?,10-/m0/s1. The highest BCUT2D eigenvalue weighted by molar-refractivity contribution is 5.23. The van der Waals surface area contributed by atoms with Crippen molar-refractivity contribution in [2.45, 2.75) is 33.2 Å². The minimum absolute atomic E-state index is 0.390. The molecule has 11 heavy (non-hydrogen) atoms. The van der Waals surface area contributed by atoms with Crippen LogP contribution in [0.1, 0.15) is 27.2 Å². The monoisotopic (exact) mass is 151 g/mol. The van der Waals surface area contributed by atoms with Crippen molar-refractivity contribution in [3.05, 3.63) is 12.2 Å². The summed E-state index contributed by atoms with van der Waals surface area (Å²) >= 11 is 0. The Morgan fingerprint density at radius 1 is 1.36 bits per heavy atom. The Bertz CT molecular complexity index is 205. The maximum Gasteiger partial charge on any atom is 0.0312 e. The van der Waals surface area contributed by atoms with Gasteiger partial charge in [-0.2, -0.15) is 0 Å². The highest BCUT2D eigenvalue weighted by atomic mass is 15.0. The molecule has 1 aliphatic carbocycles. The Morgan fingerprint density at radius 3 is 2.73 bits per heavy atom. The lowest BCUT2D eigenvalue weighted by Crippen LogP contribution is -2.38. The van der Waals surface area contributed by atoms with Gasteiger partial charge in [0.2, 0.25) is 0 Å². The van der Waals surface area contributed by atoms with Gasteiger partial charge in [0, 0.05) is 6.04 Å². The Hall–Kier alpha value is -0.300. The van der Waals surface area contributed by atoms with Crippen LogP contribution in [-0.4, -0.2) is 12.6 Å². The van der Waals surface area contributed by atoms with Gasteiger partial charge in [-0.25, -0.2) is 0 Å². The molecule has 1 nitrogen and oxygen atoms in total. The van der Waals surface area contributed by atoms with Crippen molar-refractivity contribution >= 4 is 0 Å². The second kappa shape index (κ2) is 1.89. The fourth-order valence-electron chi connectivity index (χ4n) is 2.40. The molecule has 1 unspecified atom stereocenters. The second-order valence-electron chi connectivity index (χ2n) is 4.68. The molecule has 1 heteroatoms. The summed E-state index contributed by atoms with van der Waals surface area (Å²) in [5, 5.41) is 3.53. The van der Waals surface area contributed by atoms with Gasteiger partial charge in [-0.15, -0.1) is 0 Å². The maximum absolute atomic E-state index is 3.53. The van der Waals surface area contributed by atoms with Crippen LogP contribution in [0.25, 0.3) is 0 Å². The van der Waals surface area contributed by atoms with Crippen LogP contribution in [0.4, 0.5) is 0 Å². The predicted octanol–water partition coefficient (Wildman–Crippen LogP) is 1.95. The summed E-state index contributed by atoms with van der Waals surface area (Å²) in [5.74, 6) is 0. The van der Waals surface area contributed by atoms with E-state index in [0.29, 0.717) is 16.9 Å². The first-order valence-corrected chi connectivity index (χ1v) is 4.49. The van der Waals surface area contributed by atoms with Gasteiger partial charge in [-0.1, -0.05) is 32.9 Å². The third-order valence-corrected chi connectivity index (χ3v) is 3.87. The SMILES string of the molecule is CC1(C)C=CC2NCC[C@@]21C. The molecule has 1 heterocycles. The lowest BCUT2D eigenvalue weighted by Gasteiger charge is -2.37. The van der Waals surface area contributed by atoms with Crippen LogP contribution in [0.2, 0.25) is 0 Å². The Morgan fingerprint density at radius 2 is 2.09 bits per heavy atom. The Kier molecular flexibility index (Phi) is 1.26. The fourth-order valence-corrected chi connectivity index (χ4v) is 2.40. The number of fused-ring (bicyclic) bond motifs is 1. The van der Waals surface area contributed by atoms with E-state index in [4.69, 9.17) is 0 Å². The van der Waals surface area contributed by atoms with E-state index in [2.05, 4.69) is 38.2 Å². The highest BCUT2D eigenvalue weighted by Gasteiger charge is 2.50. The van der Waals surface area contributed by atoms with E-state index < -0.39 is 0 Å². The number of nitrogens with one attached hydrogen (secondary N) is 1. The molecule has 1 fully saturated rings. The smallest absolute Gasteiger partial charge is 0.0312 e. The van der Waals surface area contributed by atoms with Crippen molar-refractivity contribution in [1.82, 2.24) is 5.32 Å². The summed E-state index contributed by atoms with van der Waals surface area (Å²) in [6, 6.07) is 0.637. The molecule has 1 N–H and O–H groups in total. The van der Waals surface area contributed by atoms with Crippen molar-refractivity contribution in [1.29, 1.82) is 0 Å². The van der Waals surface area contributed by atoms with E-state index >= 15 is 0 Å². The van der Waals surface area contributed by atoms with Crippen molar-refractivity contribution < 1.29 is 0 Å². The van der Waals surface area contributed by atoms with Crippen molar-refractivity contribution in [2.75, 3.05) is 6.54 Å². The number of hydrogen-bond acceptors (Lipinski definition) is 1. The maximum atomic E-state index is 3.53. The number of allylic oxidation sites excluding steroid dienone is 1. The molecule has 0 spiro atoms. The molecule has 62 valence electrons. The van der Waals surface area contributed by atoms with Crippen LogP contribution in [0.5, 0.6) is 0 Å². The first-order chi connectivity index (χ1) is 5.06. The van der Waals surface area contributed by atoms with E-state index in [-0.39, 0.29) is 0 Å². The lowest BCUT2D eigenvalue weighted by molar-refractivity contribution is 0.160. The molecule has 1 aliphatic heterocycles. The van der Waals surface area contributed by atoms with E-state index in [0.717, 1.165) is 0 Å². The molecule has 0 saturated carbocycles. The summed E-state index contributed by atoms with van der Waals surface area (Å²) < 4.78 is 0. The molecular weight excluding hydrogens is 134 g/mol. The molecule has 2 atom stereocenters. The third kappa shape index (κ3) is 0.750. The van der Waals surface area contributed by atoms with Gasteiger partial charge in [-0.05, 0) is 23.8 Å². The van der Waals surface area contributed by atoms with Crippen LogP contribution < -0.4 is 5.32 Å². The summed E-state index contributed by atoms with van der Waals surface area (Å²) in [7, 11) is 0. The largest absolute Gasteiger partial charge is 0.310 e. The average Bonchev–Trinajstić information content (AvgIpc) is 2.36. The fraction of sp³-hybridized carbons (Fsp3) is 0.800. The number of rotatable bonds is 0. The van der Waals surface area contributed by atoms with Crippen LogP contribution in [-0.2, 0) is 0 Å². The quantitative estimate of drug-likeness (QED) is 0.522. The molecule has 1 saturated heterocycles. The zero-order valence-corrected chi connectivity index (χ0v) is 7.65. The van der Waals surface area contributed by atoms with E-state index in [1.165, 1.54) is 13.0 Å². The average molecular weight is 151 g/mol. The Labute approximate surface area is 68.9 Å². The topological polar surface area (TPSA) is 12.0 Å². The molecule has 0 bridgehead atoms. The summed E-state index contributed by atoms with van der Waals surface area (Å²) in [5.41, 5.74) is 0.869. The number of hydrogen-bond donors (Lipinski definition) is 1. The van der Waals surface area contributed by atoms with Gasteiger partial charge in [0.25, 0.3) is 0 Å². The third-order valence-electron chi connectivity index (χ3n) is 3.87. The molecule has 2 aliphatic rings. The van der Waals surface area contributed by atoms with Crippen LogP contribution in [0.3, 0.4) is 0 Å². The van der Waals surface area contributed by atoms with Crippen molar-refractivity contribution in [3.8, 4) is 0 Å². The predicted molar refractivity (Wildman–Crippen MR) is 47.4 cm³/mol. The van der Waals surface area contributed by atoms with Crippen molar-refractivity contribution in [3.63, 3.8) is 0 Å². The summed E-state index contributed by atoms with van der Waals surface area (Å²) in [6.07, 6.45) is 6.02.